The summed E-state index contributed by atoms with van der Waals surface area (Å²) in [6.07, 6.45) is 2.03. The third-order valence-electron chi connectivity index (χ3n) is 0.410. The molecule has 0 heterocycles. The largest absolute Gasteiger partial charge is 0.289 e. The molecule has 0 aromatic rings. The summed E-state index contributed by atoms with van der Waals surface area (Å²) in [7, 11) is 0. The Morgan fingerprint density at radius 2 is 2.44 bits per heavy atom. The first-order chi connectivity index (χ1) is 4.13. The number of nitrogens with zero attached hydrogens (tertiary/aromatic N) is 1. The highest BCUT2D eigenvalue weighted by Gasteiger charge is 1.84. The van der Waals surface area contributed by atoms with Crippen molar-refractivity contribution in [1.29, 1.82) is 5.41 Å². The summed E-state index contributed by atoms with van der Waals surface area (Å²) in [5.74, 6) is 0. The van der Waals surface area contributed by atoms with E-state index in [1.165, 1.54) is 0 Å². The van der Waals surface area contributed by atoms with E-state index in [1.54, 1.807) is 5.43 Å². The average molecular weight is 150 g/mol. The average Bonchev–Trinajstić information content (AvgIpc) is 1.63. The molecule has 0 fully saturated rings. The summed E-state index contributed by atoms with van der Waals surface area (Å²) in [5.41, 5.74) is 1.69. The van der Waals surface area contributed by atoms with Gasteiger partial charge in [-0.25, -0.2) is 10.1 Å². The number of halogens is 1. The van der Waals surface area contributed by atoms with Crippen LogP contribution in [-0.2, 0) is 0 Å². The van der Waals surface area contributed by atoms with Gasteiger partial charge in [0.1, 0.15) is 5.17 Å². The normalized spacial score (nSPS) is 9.44. The van der Waals surface area contributed by atoms with Crippen LogP contribution in [0.15, 0.2) is 12.3 Å². The predicted octanol–water partition coefficient (Wildman–Crippen LogP) is 0.497. The lowest BCUT2D eigenvalue weighted by Crippen LogP contribution is -2.13. The van der Waals surface area contributed by atoms with Crippen molar-refractivity contribution in [3.05, 3.63) is 22.4 Å². The lowest BCUT2D eigenvalue weighted by atomic mass is 10.7. The van der Waals surface area contributed by atoms with Gasteiger partial charge in [-0.15, -0.1) is 5.43 Å². The van der Waals surface area contributed by atoms with E-state index in [-0.39, 0.29) is 5.17 Å². The molecule has 6 heteroatoms. The Hall–Kier alpha value is -1.10. The molecule has 0 spiro atoms. The Labute approximate surface area is 55.9 Å². The molecule has 0 saturated heterocycles. The van der Waals surface area contributed by atoms with Gasteiger partial charge in [-0.3, -0.25) is 5.41 Å². The first kappa shape index (κ1) is 7.90. The molecule has 5 nitrogen and oxygen atoms in total. The zero-order valence-corrected chi connectivity index (χ0v) is 5.05. The van der Waals surface area contributed by atoms with Crippen molar-refractivity contribution >= 4 is 16.8 Å². The molecule has 0 saturated carbocycles. The van der Waals surface area contributed by atoms with Crippen molar-refractivity contribution in [3.63, 3.8) is 0 Å². The summed E-state index contributed by atoms with van der Waals surface area (Å²) in [6.45, 7) is 0. The fourth-order valence-corrected chi connectivity index (χ4v) is 0.234. The third-order valence-corrected chi connectivity index (χ3v) is 0.536. The van der Waals surface area contributed by atoms with Crippen LogP contribution in [0.3, 0.4) is 0 Å². The number of allylic oxidation sites excluding steroid dienone is 1. The van der Waals surface area contributed by atoms with Crippen LogP contribution in [0.5, 0.6) is 0 Å². The Morgan fingerprint density at radius 3 is 2.78 bits per heavy atom. The lowest BCUT2D eigenvalue weighted by molar-refractivity contribution is -0.532. The minimum absolute atomic E-state index is 0.260. The van der Waals surface area contributed by atoms with Gasteiger partial charge in [0.2, 0.25) is 0 Å². The van der Waals surface area contributed by atoms with E-state index in [9.17, 15) is 10.1 Å². The molecule has 0 aromatic carbocycles. The minimum Gasteiger partial charge on any atom is -0.289 e. The van der Waals surface area contributed by atoms with E-state index in [4.69, 9.17) is 17.0 Å². The molecule has 50 valence electrons. The summed E-state index contributed by atoms with van der Waals surface area (Å²) in [5, 5.41) is 15.1. The van der Waals surface area contributed by atoms with Gasteiger partial charge >= 0.3 is 0 Å². The van der Waals surface area contributed by atoms with E-state index in [0.717, 1.165) is 12.3 Å². The number of nitro groups is 1. The molecule has 2 N–H and O–H groups in total. The Morgan fingerprint density at radius 1 is 1.89 bits per heavy atom. The first-order valence-electron chi connectivity index (χ1n) is 1.94. The summed E-state index contributed by atoms with van der Waals surface area (Å²) in [4.78, 5) is 9.51. The van der Waals surface area contributed by atoms with Crippen LogP contribution >= 0.6 is 11.6 Å². The predicted molar refractivity (Wildman–Crippen MR) is 32.8 cm³/mol. The molecular weight excluding hydrogens is 146 g/mol. The van der Waals surface area contributed by atoms with Gasteiger partial charge in [-0.2, -0.15) is 0 Å². The molecule has 0 aliphatic carbocycles. The molecule has 0 amide bonds. The van der Waals surface area contributed by atoms with E-state index in [1.807, 2.05) is 0 Å². The summed E-state index contributed by atoms with van der Waals surface area (Å²) >= 11 is 5.00. The monoisotopic (exact) mass is 149 g/mol. The Kier molecular flexibility index (Phi) is 3.38. The van der Waals surface area contributed by atoms with Crippen molar-refractivity contribution in [3.8, 4) is 0 Å². The quantitative estimate of drug-likeness (QED) is 0.348. The highest BCUT2D eigenvalue weighted by atomic mass is 35.5. The molecule has 9 heavy (non-hydrogen) atoms. The minimum atomic E-state index is -0.754. The topological polar surface area (TPSA) is 79.0 Å². The van der Waals surface area contributed by atoms with Crippen molar-refractivity contribution in [2.24, 2.45) is 0 Å². The molecule has 0 aliphatic heterocycles. The summed E-state index contributed by atoms with van der Waals surface area (Å²) in [6, 6.07) is 0. The second-order valence-electron chi connectivity index (χ2n) is 1.07. The second-order valence-corrected chi connectivity index (χ2v) is 1.47. The van der Waals surface area contributed by atoms with E-state index < -0.39 is 5.03 Å². The van der Waals surface area contributed by atoms with E-state index in [0.29, 0.717) is 0 Å². The van der Waals surface area contributed by atoms with Crippen molar-refractivity contribution in [2.75, 3.05) is 0 Å². The highest BCUT2D eigenvalue weighted by molar-refractivity contribution is 6.67. The van der Waals surface area contributed by atoms with Gasteiger partial charge in [0.25, 0.3) is 0 Å². The number of rotatable bonds is 3. The van der Waals surface area contributed by atoms with Crippen molar-refractivity contribution in [2.45, 2.75) is 0 Å². The van der Waals surface area contributed by atoms with Crippen LogP contribution in [0.1, 0.15) is 0 Å². The first-order valence-corrected chi connectivity index (χ1v) is 2.32. The third kappa shape index (κ3) is 6.90. The van der Waals surface area contributed by atoms with Gasteiger partial charge in [-0.05, 0) is 6.08 Å². The lowest BCUT2D eigenvalue weighted by Gasteiger charge is -1.83. The molecule has 0 bridgehead atoms. The maximum absolute atomic E-state index is 9.51. The SMILES string of the molecule is N=C(Cl)/C=C\N[N+](=O)[O-]. The van der Waals surface area contributed by atoms with Gasteiger partial charge in [-0.1, -0.05) is 11.6 Å². The molecule has 0 aromatic heterocycles. The maximum atomic E-state index is 9.51. The molecular formula is C3H4ClN3O2. The number of nitrogens with one attached hydrogen (secondary N) is 2. The van der Waals surface area contributed by atoms with E-state index in [2.05, 4.69) is 0 Å². The second kappa shape index (κ2) is 3.85. The maximum Gasteiger partial charge on any atom is 0.161 e. The van der Waals surface area contributed by atoms with Crippen LogP contribution in [0.2, 0.25) is 0 Å². The zero-order valence-electron chi connectivity index (χ0n) is 4.30. The van der Waals surface area contributed by atoms with Crippen molar-refractivity contribution < 1.29 is 5.03 Å². The van der Waals surface area contributed by atoms with Crippen LogP contribution in [-0.4, -0.2) is 10.2 Å². The zero-order chi connectivity index (χ0) is 7.28. The Balaban J connectivity index is 3.48. The van der Waals surface area contributed by atoms with Gasteiger partial charge in [0.05, 0.1) is 6.20 Å². The van der Waals surface area contributed by atoms with Crippen LogP contribution in [0.25, 0.3) is 0 Å². The molecule has 0 aliphatic rings. The van der Waals surface area contributed by atoms with Gasteiger partial charge in [0, 0.05) is 0 Å². The number of hydrogen-bond donors (Lipinski definition) is 2. The van der Waals surface area contributed by atoms with Gasteiger partial charge < -0.3 is 0 Å². The smallest absolute Gasteiger partial charge is 0.161 e. The fourth-order valence-electron chi connectivity index (χ4n) is 0.171. The van der Waals surface area contributed by atoms with E-state index >= 15 is 0 Å². The number of hydrogen-bond acceptors (Lipinski definition) is 3. The molecule has 0 rings (SSSR count). The summed E-state index contributed by atoms with van der Waals surface area (Å²) < 4.78 is 0. The van der Waals surface area contributed by atoms with Gasteiger partial charge in [0.15, 0.2) is 5.03 Å². The molecule has 0 radical (unpaired) electrons. The standard InChI is InChI=1S/C3H4ClN3O2/c4-3(5)1-2-6-7(8)9/h1-2,5-6H/b2-1-,5-3?. The van der Waals surface area contributed by atoms with Crippen molar-refractivity contribution in [1.82, 2.24) is 5.43 Å². The van der Waals surface area contributed by atoms with Crippen LogP contribution in [0.4, 0.5) is 0 Å². The Bertz CT molecular complexity index is 155. The molecule has 0 atom stereocenters. The van der Waals surface area contributed by atoms with Crippen LogP contribution in [0, 0.1) is 15.5 Å². The molecule has 0 unspecified atom stereocenters. The van der Waals surface area contributed by atoms with Crippen LogP contribution < -0.4 is 5.43 Å². The highest BCUT2D eigenvalue weighted by Crippen LogP contribution is 1.79. The fraction of sp³-hybridized carbons (Fsp3) is 0. The number of hydrazine groups is 1.